The van der Waals surface area contributed by atoms with Crippen molar-refractivity contribution in [2.75, 3.05) is 11.9 Å². The highest BCUT2D eigenvalue weighted by molar-refractivity contribution is 6.04. The molecule has 0 unspecified atom stereocenters. The second-order valence-electron chi connectivity index (χ2n) is 5.57. The van der Waals surface area contributed by atoms with E-state index in [1.165, 1.54) is 18.2 Å². The molecule has 0 saturated carbocycles. The third kappa shape index (κ3) is 4.54. The van der Waals surface area contributed by atoms with E-state index in [2.05, 4.69) is 5.32 Å². The summed E-state index contributed by atoms with van der Waals surface area (Å²) < 4.78 is 18.4. The van der Waals surface area contributed by atoms with Crippen LogP contribution in [0.1, 0.15) is 20.7 Å². The van der Waals surface area contributed by atoms with Crippen LogP contribution in [0.3, 0.4) is 0 Å². The van der Waals surface area contributed by atoms with Crippen molar-refractivity contribution >= 4 is 17.4 Å². The lowest BCUT2D eigenvalue weighted by atomic mass is 10.1. The van der Waals surface area contributed by atoms with Crippen molar-refractivity contribution in [2.45, 2.75) is 0 Å². The molecule has 0 aliphatic heterocycles. The first-order chi connectivity index (χ1) is 12.6. The molecule has 0 fully saturated rings. The average molecular weight is 349 g/mol. The maximum absolute atomic E-state index is 13.1. The molecule has 0 bridgehead atoms. The van der Waals surface area contributed by atoms with E-state index in [9.17, 15) is 14.0 Å². The number of Topliss-reactive ketones (excluding diaryl/α,β-unsaturated/α-hetero) is 1. The Morgan fingerprint density at radius 3 is 2.27 bits per heavy atom. The maximum Gasteiger partial charge on any atom is 0.255 e. The molecule has 1 amide bonds. The van der Waals surface area contributed by atoms with Crippen LogP contribution in [-0.4, -0.2) is 18.3 Å². The van der Waals surface area contributed by atoms with Gasteiger partial charge in [0.2, 0.25) is 0 Å². The predicted octanol–water partition coefficient (Wildman–Crippen LogP) is 4.34. The van der Waals surface area contributed by atoms with Crippen molar-refractivity contribution < 1.29 is 18.7 Å². The lowest BCUT2D eigenvalue weighted by molar-refractivity contribution is 0.0921. The van der Waals surface area contributed by atoms with Crippen molar-refractivity contribution in [3.8, 4) is 5.75 Å². The van der Waals surface area contributed by atoms with Crippen LogP contribution in [0.15, 0.2) is 78.9 Å². The fourth-order valence-corrected chi connectivity index (χ4v) is 2.32. The number of benzene rings is 3. The molecule has 0 spiro atoms. The molecule has 0 radical (unpaired) electrons. The molecule has 0 saturated heterocycles. The van der Waals surface area contributed by atoms with Gasteiger partial charge in [-0.2, -0.15) is 0 Å². The van der Waals surface area contributed by atoms with Gasteiger partial charge in [-0.05, 0) is 48.5 Å². The first-order valence-electron chi connectivity index (χ1n) is 8.00. The molecule has 3 aromatic carbocycles. The number of halogens is 1. The van der Waals surface area contributed by atoms with Crippen molar-refractivity contribution in [2.24, 2.45) is 0 Å². The van der Waals surface area contributed by atoms with Gasteiger partial charge < -0.3 is 10.1 Å². The third-order valence-corrected chi connectivity index (χ3v) is 3.67. The molecular formula is C21H16FNO3. The zero-order chi connectivity index (χ0) is 18.4. The predicted molar refractivity (Wildman–Crippen MR) is 97.1 cm³/mol. The number of carbonyl (C=O) groups is 2. The van der Waals surface area contributed by atoms with E-state index < -0.39 is 5.82 Å². The van der Waals surface area contributed by atoms with Crippen LogP contribution < -0.4 is 10.1 Å². The highest BCUT2D eigenvalue weighted by Gasteiger charge is 2.09. The third-order valence-electron chi connectivity index (χ3n) is 3.67. The summed E-state index contributed by atoms with van der Waals surface area (Å²) in [6, 6.07) is 21.0. The van der Waals surface area contributed by atoms with E-state index in [1.807, 2.05) is 6.07 Å². The Hall–Kier alpha value is -3.47. The molecule has 3 aromatic rings. The molecular weight excluding hydrogens is 333 g/mol. The Balaban J connectivity index is 1.58. The Kier molecular flexibility index (Phi) is 5.39. The summed E-state index contributed by atoms with van der Waals surface area (Å²) in [5.41, 5.74) is 1.58. The zero-order valence-corrected chi connectivity index (χ0v) is 13.8. The molecule has 26 heavy (non-hydrogen) atoms. The number of rotatable bonds is 6. The molecule has 0 atom stereocenters. The van der Waals surface area contributed by atoms with Crippen LogP contribution in [0.2, 0.25) is 0 Å². The minimum Gasteiger partial charge on any atom is -0.485 e. The summed E-state index contributed by atoms with van der Waals surface area (Å²) in [4.78, 5) is 24.2. The monoisotopic (exact) mass is 349 g/mol. The van der Waals surface area contributed by atoms with Gasteiger partial charge in [0, 0.05) is 22.9 Å². The van der Waals surface area contributed by atoms with Crippen molar-refractivity contribution in [3.63, 3.8) is 0 Å². The second kappa shape index (κ2) is 8.07. The van der Waals surface area contributed by atoms with Gasteiger partial charge in [-0.3, -0.25) is 9.59 Å². The number of hydrogen-bond acceptors (Lipinski definition) is 3. The van der Waals surface area contributed by atoms with Crippen molar-refractivity contribution in [1.82, 2.24) is 0 Å². The maximum atomic E-state index is 13.1. The minimum atomic E-state index is -0.423. The van der Waals surface area contributed by atoms with Gasteiger partial charge in [0.15, 0.2) is 12.4 Å². The Labute approximate surface area is 150 Å². The van der Waals surface area contributed by atoms with Gasteiger partial charge in [0.25, 0.3) is 5.91 Å². The van der Waals surface area contributed by atoms with Crippen molar-refractivity contribution in [1.29, 1.82) is 0 Å². The fourth-order valence-electron chi connectivity index (χ4n) is 2.32. The standard InChI is InChI=1S/C21H16FNO3/c22-17-7-4-8-19(13-17)26-14-20(24)15-9-11-18(12-10-15)23-21(25)16-5-2-1-3-6-16/h1-13H,14H2,(H,23,25). The summed E-state index contributed by atoms with van der Waals surface area (Å²) >= 11 is 0. The van der Waals surface area contributed by atoms with E-state index in [-0.39, 0.29) is 18.3 Å². The van der Waals surface area contributed by atoms with E-state index in [0.29, 0.717) is 22.6 Å². The summed E-state index contributed by atoms with van der Waals surface area (Å²) in [6.07, 6.45) is 0. The number of nitrogens with one attached hydrogen (secondary N) is 1. The average Bonchev–Trinajstić information content (AvgIpc) is 2.67. The Bertz CT molecular complexity index is 908. The number of carbonyl (C=O) groups excluding carboxylic acids is 2. The molecule has 130 valence electrons. The normalized spacial score (nSPS) is 10.2. The number of anilines is 1. The molecule has 0 heterocycles. The molecule has 3 rings (SSSR count). The van der Waals surface area contributed by atoms with Crippen LogP contribution in [-0.2, 0) is 0 Å². The fraction of sp³-hybridized carbons (Fsp3) is 0.0476. The first-order valence-corrected chi connectivity index (χ1v) is 8.00. The quantitative estimate of drug-likeness (QED) is 0.674. The van der Waals surface area contributed by atoms with E-state index in [1.54, 1.807) is 54.6 Å². The SMILES string of the molecule is O=C(COc1cccc(F)c1)c1ccc(NC(=O)c2ccccc2)cc1. The van der Waals surface area contributed by atoms with Crippen molar-refractivity contribution in [3.05, 3.63) is 95.8 Å². The second-order valence-corrected chi connectivity index (χ2v) is 5.57. The summed E-state index contributed by atoms with van der Waals surface area (Å²) in [6.45, 7) is -0.195. The largest absolute Gasteiger partial charge is 0.485 e. The molecule has 0 aliphatic carbocycles. The van der Waals surface area contributed by atoms with Gasteiger partial charge >= 0.3 is 0 Å². The molecule has 4 nitrogen and oxygen atoms in total. The zero-order valence-electron chi connectivity index (χ0n) is 13.8. The molecule has 0 aliphatic rings. The van der Waals surface area contributed by atoms with E-state index in [0.717, 1.165) is 0 Å². The summed E-state index contributed by atoms with van der Waals surface area (Å²) in [5, 5.41) is 2.77. The van der Waals surface area contributed by atoms with Crippen LogP contribution in [0.25, 0.3) is 0 Å². The highest BCUT2D eigenvalue weighted by atomic mass is 19.1. The Morgan fingerprint density at radius 2 is 1.58 bits per heavy atom. The minimum absolute atomic E-state index is 0.195. The summed E-state index contributed by atoms with van der Waals surface area (Å²) in [7, 11) is 0. The smallest absolute Gasteiger partial charge is 0.255 e. The first kappa shape index (κ1) is 17.4. The van der Waals surface area contributed by atoms with Crippen LogP contribution in [0, 0.1) is 5.82 Å². The number of ether oxygens (including phenoxy) is 1. The van der Waals surface area contributed by atoms with Crippen LogP contribution in [0.5, 0.6) is 5.75 Å². The molecule has 5 heteroatoms. The van der Waals surface area contributed by atoms with Gasteiger partial charge in [0.05, 0.1) is 0 Å². The van der Waals surface area contributed by atoms with Gasteiger partial charge in [-0.1, -0.05) is 24.3 Å². The van der Waals surface area contributed by atoms with Gasteiger partial charge in [0.1, 0.15) is 11.6 Å². The lowest BCUT2D eigenvalue weighted by Gasteiger charge is -2.08. The molecule has 1 N–H and O–H groups in total. The topological polar surface area (TPSA) is 55.4 Å². The lowest BCUT2D eigenvalue weighted by Crippen LogP contribution is -2.13. The number of hydrogen-bond donors (Lipinski definition) is 1. The van der Waals surface area contributed by atoms with Crippen LogP contribution >= 0.6 is 0 Å². The number of ketones is 1. The molecule has 0 aromatic heterocycles. The van der Waals surface area contributed by atoms with Gasteiger partial charge in [-0.25, -0.2) is 4.39 Å². The Morgan fingerprint density at radius 1 is 0.846 bits per heavy atom. The van der Waals surface area contributed by atoms with Gasteiger partial charge in [-0.15, -0.1) is 0 Å². The summed E-state index contributed by atoms with van der Waals surface area (Å²) in [5.74, 6) is -0.590. The van der Waals surface area contributed by atoms with Crippen LogP contribution in [0.4, 0.5) is 10.1 Å². The highest BCUT2D eigenvalue weighted by Crippen LogP contribution is 2.14. The van der Waals surface area contributed by atoms with E-state index in [4.69, 9.17) is 4.74 Å². The van der Waals surface area contributed by atoms with E-state index >= 15 is 0 Å². The number of amides is 1.